The van der Waals surface area contributed by atoms with Gasteiger partial charge in [0.25, 0.3) is 0 Å². The lowest BCUT2D eigenvalue weighted by molar-refractivity contribution is -0.185. The fraction of sp³-hybridized carbons (Fsp3) is 0.565. The summed E-state index contributed by atoms with van der Waals surface area (Å²) in [5, 5.41) is 45.8. The standard InChI is InChI=1S/C46H62IN11O12/c1-22(2)24(5)46(7,47)28-17-32(61)58(44(28)67)16-14-31(60)54-33(23(3)4)42(66)52-25(6)40(64)53-27-12-10-26(11-13-27)19-69-45(68)57-15-8-9-29(57)41(65)55-34-30(18-59)70-43(37(63)36(34)62)56-39-35-38(49-20-48-35)50-21-51-39/h10-13,20-21,23,25,28-30,33-34,36-37,43,59,62-63H,8-9,14-19H2,1-7H3,(H,52,66)(H,53,64)(H,54,60)(H,55,65)(H2,48,49,50,51,56)/t25-,28?,29-,30-,33-,34-,36+,37-,43-,46?/m0/s1. The molecule has 10 atom stereocenters. The van der Waals surface area contributed by atoms with Gasteiger partial charge in [-0.25, -0.2) is 19.7 Å². The van der Waals surface area contributed by atoms with Crippen molar-refractivity contribution in [3.8, 4) is 0 Å². The minimum absolute atomic E-state index is 0.0448. The molecular weight excluding hydrogens is 1030 g/mol. The van der Waals surface area contributed by atoms with Crippen LogP contribution in [0.4, 0.5) is 16.3 Å². The molecule has 380 valence electrons. The van der Waals surface area contributed by atoms with Crippen molar-refractivity contribution in [1.29, 1.82) is 0 Å². The molecule has 2 aromatic heterocycles. The molecule has 3 fully saturated rings. The Morgan fingerprint density at radius 1 is 1.00 bits per heavy atom. The van der Waals surface area contributed by atoms with E-state index in [1.54, 1.807) is 38.1 Å². The fourth-order valence-electron chi connectivity index (χ4n) is 8.56. The minimum atomic E-state index is -1.59. The van der Waals surface area contributed by atoms with Crippen molar-refractivity contribution >= 4 is 86.8 Å². The Labute approximate surface area is 417 Å². The van der Waals surface area contributed by atoms with Gasteiger partial charge in [-0.15, -0.1) is 0 Å². The molecule has 3 aliphatic heterocycles. The second kappa shape index (κ2) is 22.9. The summed E-state index contributed by atoms with van der Waals surface area (Å²) in [4.78, 5) is 110. The zero-order valence-corrected chi connectivity index (χ0v) is 42.2. The Morgan fingerprint density at radius 2 is 1.71 bits per heavy atom. The zero-order valence-electron chi connectivity index (χ0n) is 40.0. The van der Waals surface area contributed by atoms with E-state index in [0.29, 0.717) is 28.8 Å². The predicted molar refractivity (Wildman–Crippen MR) is 260 cm³/mol. The van der Waals surface area contributed by atoms with E-state index >= 15 is 0 Å². The van der Waals surface area contributed by atoms with Gasteiger partial charge < -0.3 is 56.4 Å². The van der Waals surface area contributed by atoms with Crippen molar-refractivity contribution in [2.45, 2.75) is 133 Å². The number of amides is 7. The summed E-state index contributed by atoms with van der Waals surface area (Å²) in [5.41, 5.74) is 3.79. The molecule has 24 heteroatoms. The maximum absolute atomic E-state index is 13.6. The highest BCUT2D eigenvalue weighted by Crippen LogP contribution is 2.42. The van der Waals surface area contributed by atoms with Crippen molar-refractivity contribution in [1.82, 2.24) is 45.7 Å². The topological polar surface area (TPSA) is 320 Å². The molecule has 5 heterocycles. The van der Waals surface area contributed by atoms with Crippen LogP contribution in [-0.2, 0) is 44.8 Å². The number of imidazole rings is 1. The Hall–Kier alpha value is -5.83. The van der Waals surface area contributed by atoms with Gasteiger partial charge in [-0.1, -0.05) is 59.7 Å². The number of imide groups is 1. The molecule has 0 aliphatic carbocycles. The van der Waals surface area contributed by atoms with Crippen LogP contribution >= 0.6 is 22.6 Å². The number of hydrogen-bond acceptors (Lipinski definition) is 16. The number of alkyl halides is 1. The van der Waals surface area contributed by atoms with Gasteiger partial charge in [0.05, 0.1) is 28.3 Å². The van der Waals surface area contributed by atoms with Crippen molar-refractivity contribution < 1.29 is 58.4 Å². The molecule has 3 aromatic rings. The van der Waals surface area contributed by atoms with Crippen LogP contribution in [-0.4, -0.2) is 158 Å². The van der Waals surface area contributed by atoms with Gasteiger partial charge >= 0.3 is 6.09 Å². The first-order valence-corrected chi connectivity index (χ1v) is 24.1. The number of anilines is 2. The summed E-state index contributed by atoms with van der Waals surface area (Å²) in [6.07, 6.45) is -3.06. The predicted octanol–water partition coefficient (Wildman–Crippen LogP) is 1.39. The molecule has 2 unspecified atom stereocenters. The Balaban J connectivity index is 0.941. The van der Waals surface area contributed by atoms with Gasteiger partial charge in [-0.2, -0.15) is 0 Å². The van der Waals surface area contributed by atoms with E-state index < -0.39 is 94.4 Å². The highest BCUT2D eigenvalue weighted by molar-refractivity contribution is 14.1. The van der Waals surface area contributed by atoms with Crippen molar-refractivity contribution in [2.24, 2.45) is 11.8 Å². The van der Waals surface area contributed by atoms with Gasteiger partial charge in [0.2, 0.25) is 35.4 Å². The number of aromatic amines is 1. The number of rotatable bonds is 18. The number of aliphatic hydroxyl groups is 3. The van der Waals surface area contributed by atoms with E-state index in [1.807, 2.05) is 27.7 Å². The Bertz CT molecular complexity index is 2460. The summed E-state index contributed by atoms with van der Waals surface area (Å²) < 4.78 is 10.8. The number of carbonyl (C=O) groups is 7. The van der Waals surface area contributed by atoms with Crippen LogP contribution in [0.15, 0.2) is 48.1 Å². The van der Waals surface area contributed by atoms with Crippen LogP contribution < -0.4 is 26.6 Å². The first-order chi connectivity index (χ1) is 33.1. The van der Waals surface area contributed by atoms with E-state index in [4.69, 9.17) is 9.47 Å². The number of benzene rings is 1. The van der Waals surface area contributed by atoms with Gasteiger partial charge in [-0.3, -0.25) is 38.6 Å². The summed E-state index contributed by atoms with van der Waals surface area (Å²) in [6, 6.07) is 2.14. The molecule has 9 N–H and O–H groups in total. The second-order valence-corrected chi connectivity index (χ2v) is 20.7. The number of halogens is 1. The van der Waals surface area contributed by atoms with Gasteiger partial charge in [0.15, 0.2) is 17.7 Å². The molecule has 7 amide bonds. The third-order valence-electron chi connectivity index (χ3n) is 13.1. The number of fused-ring (bicyclic) bond motifs is 1. The summed E-state index contributed by atoms with van der Waals surface area (Å²) in [6.45, 7) is 12.0. The molecule has 3 aliphatic rings. The van der Waals surface area contributed by atoms with Crippen molar-refractivity contribution in [2.75, 3.05) is 30.3 Å². The first kappa shape index (κ1) is 53.5. The zero-order chi connectivity index (χ0) is 51.2. The maximum atomic E-state index is 13.6. The number of H-pyrrole nitrogens is 1. The number of likely N-dealkylation sites (tertiary alicyclic amines) is 2. The van der Waals surface area contributed by atoms with Gasteiger partial charge in [-0.05, 0) is 71.1 Å². The minimum Gasteiger partial charge on any atom is -0.445 e. The monoisotopic (exact) mass is 1090 g/mol. The normalized spacial score (nSPS) is 24.1. The number of nitrogens with one attached hydrogen (secondary N) is 6. The number of allylic oxidation sites excluding steroid dienone is 2. The maximum Gasteiger partial charge on any atom is 0.410 e. The number of hydrogen-bond donors (Lipinski definition) is 9. The Morgan fingerprint density at radius 3 is 2.39 bits per heavy atom. The average Bonchev–Trinajstić information content (AvgIpc) is 4.09. The third-order valence-corrected chi connectivity index (χ3v) is 14.6. The fourth-order valence-corrected chi connectivity index (χ4v) is 9.59. The summed E-state index contributed by atoms with van der Waals surface area (Å²) in [7, 11) is 0. The number of carbonyl (C=O) groups excluding carboxylic acids is 7. The van der Waals surface area contributed by atoms with Crippen molar-refractivity contribution in [3.63, 3.8) is 0 Å². The van der Waals surface area contributed by atoms with Gasteiger partial charge in [0, 0.05) is 31.6 Å². The molecule has 3 saturated heterocycles. The molecule has 6 rings (SSSR count). The van der Waals surface area contributed by atoms with E-state index in [0.717, 1.165) is 16.0 Å². The number of aliphatic hydroxyl groups excluding tert-OH is 3. The lowest BCUT2D eigenvalue weighted by Gasteiger charge is -2.43. The SMILES string of the molecule is CC(C)=C(C)C(C)(I)C1CC(=O)N(CCC(=O)N[C@H](C(=O)N[C@@H](C)C(=O)Nc2ccc(COC(=O)N3CCC[C@H]3C(=O)N[C@@H]3[C@@H](O)[C@H](O)[C@@H](Nc4ncnc5nc[nH]c45)O[C@H]3CO)cc2)C(C)C)C1=O. The molecule has 0 bridgehead atoms. The molecule has 0 saturated carbocycles. The van der Waals surface area contributed by atoms with Crippen LogP contribution in [0.5, 0.6) is 0 Å². The largest absolute Gasteiger partial charge is 0.445 e. The quantitative estimate of drug-likeness (QED) is 0.0376. The molecule has 1 aromatic carbocycles. The van der Waals surface area contributed by atoms with Crippen LogP contribution in [0.1, 0.15) is 79.7 Å². The number of nitrogens with zero attached hydrogens (tertiary/aromatic N) is 5. The van der Waals surface area contributed by atoms with Crippen molar-refractivity contribution in [3.05, 3.63) is 53.6 Å². The van der Waals surface area contributed by atoms with E-state index in [1.165, 1.54) is 24.5 Å². The lowest BCUT2D eigenvalue weighted by atomic mass is 9.85. The smallest absolute Gasteiger partial charge is 0.410 e. The molecular formula is C46H62IN11O12. The third kappa shape index (κ3) is 12.2. The first-order valence-electron chi connectivity index (χ1n) is 23.1. The second-order valence-electron chi connectivity index (χ2n) is 18.5. The lowest BCUT2D eigenvalue weighted by Crippen LogP contribution is -2.67. The average molecular weight is 1090 g/mol. The van der Waals surface area contributed by atoms with Crippen LogP contribution in [0.3, 0.4) is 0 Å². The highest BCUT2D eigenvalue weighted by atomic mass is 127. The summed E-state index contributed by atoms with van der Waals surface area (Å²) in [5.74, 6) is -3.71. The van der Waals surface area contributed by atoms with E-state index in [9.17, 15) is 48.9 Å². The molecule has 70 heavy (non-hydrogen) atoms. The van der Waals surface area contributed by atoms with Crippen LogP contribution in [0, 0.1) is 11.8 Å². The van der Waals surface area contributed by atoms with Gasteiger partial charge in [0.1, 0.15) is 54.9 Å². The summed E-state index contributed by atoms with van der Waals surface area (Å²) >= 11 is 2.21. The number of ether oxygens (including phenoxy) is 2. The van der Waals surface area contributed by atoms with E-state index in [2.05, 4.69) is 69.1 Å². The number of aromatic nitrogens is 4. The Kier molecular flexibility index (Phi) is 17.5. The highest BCUT2D eigenvalue weighted by Gasteiger charge is 2.49. The molecule has 23 nitrogen and oxygen atoms in total. The van der Waals surface area contributed by atoms with Crippen LogP contribution in [0.2, 0.25) is 0 Å². The van der Waals surface area contributed by atoms with Crippen LogP contribution in [0.25, 0.3) is 11.2 Å². The molecule has 0 radical (unpaired) electrons. The van der Waals surface area contributed by atoms with E-state index in [-0.39, 0.29) is 62.5 Å². The molecule has 0 spiro atoms.